The molecule has 3 heteroatoms. The molecule has 0 amide bonds. The summed E-state index contributed by atoms with van der Waals surface area (Å²) in [5.41, 5.74) is 2.41. The zero-order chi connectivity index (χ0) is 10.5. The molecule has 2 N–H and O–H groups in total. The van der Waals surface area contributed by atoms with Crippen LogP contribution in [0.15, 0.2) is 30.5 Å². The molecule has 0 aliphatic heterocycles. The Labute approximate surface area is 88.7 Å². The molecule has 0 unspecified atom stereocenters. The Balaban J connectivity index is 1.99. The Hall–Kier alpha value is -1.79. The number of hydrogen-bond donors (Lipinski definition) is 2. The van der Waals surface area contributed by atoms with Gasteiger partial charge in [0.2, 0.25) is 0 Å². The van der Waals surface area contributed by atoms with Crippen LogP contribution in [0.2, 0.25) is 0 Å². The Morgan fingerprint density at radius 2 is 2.27 bits per heavy atom. The van der Waals surface area contributed by atoms with Crippen molar-refractivity contribution in [1.82, 2.24) is 10.3 Å². The van der Waals surface area contributed by atoms with Crippen molar-refractivity contribution in [2.24, 2.45) is 0 Å². The van der Waals surface area contributed by atoms with E-state index >= 15 is 0 Å². The first-order valence-corrected chi connectivity index (χ1v) is 5.04. The van der Waals surface area contributed by atoms with Gasteiger partial charge in [-0.1, -0.05) is 6.07 Å². The molecule has 2 rings (SSSR count). The first-order chi connectivity index (χ1) is 7.40. The van der Waals surface area contributed by atoms with Crippen LogP contribution in [0.1, 0.15) is 12.0 Å². The van der Waals surface area contributed by atoms with Crippen LogP contribution in [0, 0.1) is 11.3 Å². The van der Waals surface area contributed by atoms with Crippen LogP contribution in [-0.2, 0) is 6.54 Å². The lowest BCUT2D eigenvalue weighted by Gasteiger charge is -2.02. The number of aromatic nitrogens is 1. The average molecular weight is 199 g/mol. The number of rotatable bonds is 4. The SMILES string of the molecule is N#CCCNCc1ccc2[nH]ccc2c1. The van der Waals surface area contributed by atoms with E-state index in [-0.39, 0.29) is 0 Å². The van der Waals surface area contributed by atoms with Gasteiger partial charge in [0, 0.05) is 31.2 Å². The number of nitrogens with one attached hydrogen (secondary N) is 2. The van der Waals surface area contributed by atoms with Crippen LogP contribution >= 0.6 is 0 Å². The van der Waals surface area contributed by atoms with Crippen LogP contribution in [0.5, 0.6) is 0 Å². The largest absolute Gasteiger partial charge is 0.361 e. The second kappa shape index (κ2) is 4.63. The molecule has 0 atom stereocenters. The summed E-state index contributed by atoms with van der Waals surface area (Å²) in [5.74, 6) is 0. The fourth-order valence-corrected chi connectivity index (χ4v) is 1.59. The zero-order valence-electron chi connectivity index (χ0n) is 8.46. The lowest BCUT2D eigenvalue weighted by Crippen LogP contribution is -2.13. The summed E-state index contributed by atoms with van der Waals surface area (Å²) >= 11 is 0. The fraction of sp³-hybridized carbons (Fsp3) is 0.250. The second-order valence-corrected chi connectivity index (χ2v) is 3.48. The van der Waals surface area contributed by atoms with Crippen molar-refractivity contribution in [3.05, 3.63) is 36.0 Å². The topological polar surface area (TPSA) is 51.6 Å². The van der Waals surface area contributed by atoms with Gasteiger partial charge < -0.3 is 10.3 Å². The van der Waals surface area contributed by atoms with Crippen LogP contribution in [0.25, 0.3) is 10.9 Å². The Morgan fingerprint density at radius 3 is 3.13 bits per heavy atom. The lowest BCUT2D eigenvalue weighted by molar-refractivity contribution is 0.699. The highest BCUT2D eigenvalue weighted by Crippen LogP contribution is 2.13. The minimum Gasteiger partial charge on any atom is -0.361 e. The maximum absolute atomic E-state index is 8.38. The molecule has 1 aromatic heterocycles. The molecule has 0 fully saturated rings. The molecule has 0 spiro atoms. The van der Waals surface area contributed by atoms with Crippen molar-refractivity contribution < 1.29 is 0 Å². The van der Waals surface area contributed by atoms with Crippen LogP contribution in [0.4, 0.5) is 0 Å². The fourth-order valence-electron chi connectivity index (χ4n) is 1.59. The molecule has 15 heavy (non-hydrogen) atoms. The van der Waals surface area contributed by atoms with Crippen molar-refractivity contribution in [2.75, 3.05) is 6.54 Å². The molecule has 0 aliphatic rings. The monoisotopic (exact) mass is 199 g/mol. The molecule has 0 saturated carbocycles. The van der Waals surface area contributed by atoms with E-state index < -0.39 is 0 Å². The standard InChI is InChI=1S/C12H13N3/c13-5-1-6-14-9-10-2-3-12-11(8-10)4-7-15-12/h2-4,7-8,14-15H,1,6,9H2. The first kappa shape index (κ1) is 9.75. The smallest absolute Gasteiger partial charge is 0.0635 e. The average Bonchev–Trinajstić information content (AvgIpc) is 2.71. The lowest BCUT2D eigenvalue weighted by atomic mass is 10.1. The third-order valence-electron chi connectivity index (χ3n) is 2.36. The summed E-state index contributed by atoms with van der Waals surface area (Å²) in [6, 6.07) is 10.5. The summed E-state index contributed by atoms with van der Waals surface area (Å²) in [5, 5.41) is 12.8. The van der Waals surface area contributed by atoms with Crippen molar-refractivity contribution in [3.63, 3.8) is 0 Å². The molecular weight excluding hydrogens is 186 g/mol. The Morgan fingerprint density at radius 1 is 1.33 bits per heavy atom. The summed E-state index contributed by atoms with van der Waals surface area (Å²) in [7, 11) is 0. The normalized spacial score (nSPS) is 10.3. The zero-order valence-corrected chi connectivity index (χ0v) is 8.46. The van der Waals surface area contributed by atoms with Crippen LogP contribution in [-0.4, -0.2) is 11.5 Å². The highest BCUT2D eigenvalue weighted by Gasteiger charge is 1.96. The second-order valence-electron chi connectivity index (χ2n) is 3.48. The van der Waals surface area contributed by atoms with Gasteiger partial charge in [0.25, 0.3) is 0 Å². The predicted molar refractivity (Wildman–Crippen MR) is 60.2 cm³/mol. The summed E-state index contributed by atoms with van der Waals surface area (Å²) in [6.45, 7) is 1.57. The van der Waals surface area contributed by atoms with E-state index in [9.17, 15) is 0 Å². The van der Waals surface area contributed by atoms with E-state index in [1.807, 2.05) is 6.20 Å². The number of benzene rings is 1. The molecule has 2 aromatic rings. The number of H-pyrrole nitrogens is 1. The predicted octanol–water partition coefficient (Wildman–Crippen LogP) is 2.17. The number of fused-ring (bicyclic) bond motifs is 1. The van der Waals surface area contributed by atoms with Gasteiger partial charge in [0.15, 0.2) is 0 Å². The van der Waals surface area contributed by atoms with Gasteiger partial charge in [-0.2, -0.15) is 5.26 Å². The van der Waals surface area contributed by atoms with Crippen molar-refractivity contribution in [2.45, 2.75) is 13.0 Å². The van der Waals surface area contributed by atoms with Gasteiger partial charge in [-0.15, -0.1) is 0 Å². The van der Waals surface area contributed by atoms with E-state index in [0.29, 0.717) is 6.42 Å². The molecular formula is C12H13N3. The third kappa shape index (κ3) is 2.36. The van der Waals surface area contributed by atoms with Crippen molar-refractivity contribution in [1.29, 1.82) is 5.26 Å². The summed E-state index contributed by atoms with van der Waals surface area (Å²) in [4.78, 5) is 3.16. The minimum atomic E-state index is 0.562. The van der Waals surface area contributed by atoms with E-state index in [0.717, 1.165) is 18.6 Å². The van der Waals surface area contributed by atoms with E-state index in [4.69, 9.17) is 5.26 Å². The Kier molecular flexibility index (Phi) is 3.01. The molecule has 1 heterocycles. The highest BCUT2D eigenvalue weighted by atomic mass is 14.8. The maximum Gasteiger partial charge on any atom is 0.0635 e. The van der Waals surface area contributed by atoms with Gasteiger partial charge in [-0.3, -0.25) is 0 Å². The van der Waals surface area contributed by atoms with E-state index in [1.54, 1.807) is 0 Å². The number of hydrogen-bond acceptors (Lipinski definition) is 2. The van der Waals surface area contributed by atoms with Crippen molar-refractivity contribution >= 4 is 10.9 Å². The molecule has 0 bridgehead atoms. The van der Waals surface area contributed by atoms with Gasteiger partial charge in [-0.25, -0.2) is 0 Å². The highest BCUT2D eigenvalue weighted by molar-refractivity contribution is 5.79. The number of aromatic amines is 1. The van der Waals surface area contributed by atoms with Gasteiger partial charge in [-0.05, 0) is 29.1 Å². The van der Waals surface area contributed by atoms with Crippen LogP contribution < -0.4 is 5.32 Å². The van der Waals surface area contributed by atoms with Gasteiger partial charge in [0.05, 0.1) is 6.07 Å². The molecule has 3 nitrogen and oxygen atoms in total. The van der Waals surface area contributed by atoms with Crippen LogP contribution in [0.3, 0.4) is 0 Å². The molecule has 1 aromatic carbocycles. The summed E-state index contributed by atoms with van der Waals surface area (Å²) in [6.07, 6.45) is 2.50. The summed E-state index contributed by atoms with van der Waals surface area (Å²) < 4.78 is 0. The minimum absolute atomic E-state index is 0.562. The molecule has 0 radical (unpaired) electrons. The molecule has 76 valence electrons. The van der Waals surface area contributed by atoms with Gasteiger partial charge >= 0.3 is 0 Å². The Bertz CT molecular complexity index is 479. The third-order valence-corrected chi connectivity index (χ3v) is 2.36. The molecule has 0 aliphatic carbocycles. The quantitative estimate of drug-likeness (QED) is 0.741. The van der Waals surface area contributed by atoms with Gasteiger partial charge in [0.1, 0.15) is 0 Å². The first-order valence-electron chi connectivity index (χ1n) is 5.04. The van der Waals surface area contributed by atoms with Crippen molar-refractivity contribution in [3.8, 4) is 6.07 Å². The van der Waals surface area contributed by atoms with E-state index in [2.05, 4.69) is 40.6 Å². The molecule has 0 saturated heterocycles. The van der Waals surface area contributed by atoms with E-state index in [1.165, 1.54) is 10.9 Å². The number of nitriles is 1. The number of nitrogens with zero attached hydrogens (tertiary/aromatic N) is 1. The maximum atomic E-state index is 8.38.